The Morgan fingerprint density at radius 3 is 2.41 bits per heavy atom. The molecule has 0 fully saturated rings. The van der Waals surface area contributed by atoms with E-state index in [4.69, 9.17) is 0 Å². The normalized spacial score (nSPS) is 11.1. The maximum absolute atomic E-state index is 13.7. The molecule has 1 aromatic heterocycles. The highest BCUT2D eigenvalue weighted by Gasteiger charge is 2.18. The van der Waals surface area contributed by atoms with Crippen molar-refractivity contribution in [3.63, 3.8) is 0 Å². The number of aryl methyl sites for hydroxylation is 2. The van der Waals surface area contributed by atoms with Gasteiger partial charge in [-0.2, -0.15) is 0 Å². The van der Waals surface area contributed by atoms with Crippen LogP contribution in [0.4, 0.5) is 20.6 Å². The molecular formula is C29H26FN3O. The van der Waals surface area contributed by atoms with Crippen LogP contribution in [-0.2, 0) is 13.1 Å². The molecule has 5 aromatic rings. The first-order chi connectivity index (χ1) is 16.5. The Bertz CT molecular complexity index is 1490. The highest BCUT2D eigenvalue weighted by molar-refractivity contribution is 6.08. The fourth-order valence-electron chi connectivity index (χ4n) is 4.48. The molecule has 170 valence electrons. The minimum Gasteiger partial charge on any atom is -0.341 e. The number of halogens is 1. The number of hydrogen-bond donors (Lipinski definition) is 1. The van der Waals surface area contributed by atoms with Crippen LogP contribution >= 0.6 is 0 Å². The van der Waals surface area contributed by atoms with E-state index in [9.17, 15) is 9.18 Å². The van der Waals surface area contributed by atoms with Crippen molar-refractivity contribution in [1.82, 2.24) is 4.57 Å². The minimum atomic E-state index is -0.391. The zero-order valence-corrected chi connectivity index (χ0v) is 19.3. The molecule has 1 N–H and O–H groups in total. The van der Waals surface area contributed by atoms with Crippen LogP contribution in [-0.4, -0.2) is 10.6 Å². The third kappa shape index (κ3) is 4.13. The van der Waals surface area contributed by atoms with Crippen LogP contribution < -0.4 is 10.2 Å². The molecule has 0 saturated carbocycles. The number of carbonyl (C=O) groups is 1. The molecule has 34 heavy (non-hydrogen) atoms. The first-order valence-electron chi connectivity index (χ1n) is 11.4. The summed E-state index contributed by atoms with van der Waals surface area (Å²) in [6.07, 6.45) is 0. The van der Waals surface area contributed by atoms with Gasteiger partial charge in [-0.05, 0) is 67.9 Å². The van der Waals surface area contributed by atoms with Gasteiger partial charge in [-0.25, -0.2) is 9.18 Å². The molecule has 0 bridgehead atoms. The summed E-state index contributed by atoms with van der Waals surface area (Å²) in [7, 11) is 0. The van der Waals surface area contributed by atoms with Gasteiger partial charge < -0.3 is 9.88 Å². The van der Waals surface area contributed by atoms with Crippen LogP contribution in [0.3, 0.4) is 0 Å². The molecule has 5 heteroatoms. The lowest BCUT2D eigenvalue weighted by Crippen LogP contribution is -2.34. The van der Waals surface area contributed by atoms with Crippen molar-refractivity contribution >= 4 is 39.2 Å². The fraction of sp³-hybridized carbons (Fsp3) is 0.138. The van der Waals surface area contributed by atoms with E-state index >= 15 is 0 Å². The minimum absolute atomic E-state index is 0.314. The molecule has 0 aliphatic carbocycles. The number of hydrogen-bond acceptors (Lipinski definition) is 1. The first-order valence-corrected chi connectivity index (χ1v) is 11.4. The Morgan fingerprint density at radius 2 is 1.65 bits per heavy atom. The van der Waals surface area contributed by atoms with Gasteiger partial charge in [-0.3, -0.25) is 4.90 Å². The van der Waals surface area contributed by atoms with Crippen molar-refractivity contribution in [3.05, 3.63) is 108 Å². The summed E-state index contributed by atoms with van der Waals surface area (Å²) in [5.74, 6) is -0.391. The number of rotatable bonds is 5. The highest BCUT2D eigenvalue weighted by Crippen LogP contribution is 2.30. The number of anilines is 2. The van der Waals surface area contributed by atoms with Crippen molar-refractivity contribution in [1.29, 1.82) is 0 Å². The smallest absolute Gasteiger partial charge is 0.326 e. The average Bonchev–Trinajstić information content (AvgIpc) is 3.16. The summed E-state index contributed by atoms with van der Waals surface area (Å²) >= 11 is 0. The van der Waals surface area contributed by atoms with Gasteiger partial charge in [0.25, 0.3) is 0 Å². The Morgan fingerprint density at radius 1 is 0.882 bits per heavy atom. The third-order valence-electron chi connectivity index (χ3n) is 6.16. The van der Waals surface area contributed by atoms with Crippen LogP contribution in [0.1, 0.15) is 18.1 Å². The Kier molecular flexibility index (Phi) is 5.76. The van der Waals surface area contributed by atoms with Crippen LogP contribution in [0.5, 0.6) is 0 Å². The highest BCUT2D eigenvalue weighted by atomic mass is 19.1. The van der Waals surface area contributed by atoms with E-state index in [1.54, 1.807) is 17.0 Å². The lowest BCUT2D eigenvalue weighted by Gasteiger charge is -2.24. The van der Waals surface area contributed by atoms with E-state index in [0.29, 0.717) is 12.2 Å². The molecule has 0 unspecified atom stereocenters. The largest absolute Gasteiger partial charge is 0.341 e. The van der Waals surface area contributed by atoms with Crippen LogP contribution in [0.15, 0.2) is 91.0 Å². The van der Waals surface area contributed by atoms with Gasteiger partial charge in [-0.1, -0.05) is 48.0 Å². The maximum atomic E-state index is 13.7. The fourth-order valence-corrected chi connectivity index (χ4v) is 4.48. The van der Waals surface area contributed by atoms with E-state index in [2.05, 4.69) is 59.3 Å². The van der Waals surface area contributed by atoms with Crippen molar-refractivity contribution in [3.8, 4) is 0 Å². The SMILES string of the molecule is CCn1c2ccccc2c2cc(CN(C(=O)Nc3cccc(F)c3)c3ccc(C)cc3)ccc21. The first kappa shape index (κ1) is 21.7. The number of nitrogens with zero attached hydrogens (tertiary/aromatic N) is 2. The molecule has 5 rings (SSSR count). The van der Waals surface area contributed by atoms with Gasteiger partial charge in [-0.15, -0.1) is 0 Å². The van der Waals surface area contributed by atoms with Gasteiger partial charge in [0.05, 0.1) is 6.54 Å². The van der Waals surface area contributed by atoms with E-state index in [-0.39, 0.29) is 6.03 Å². The molecule has 1 heterocycles. The molecule has 2 amide bonds. The number of fused-ring (bicyclic) bond motifs is 3. The van der Waals surface area contributed by atoms with E-state index < -0.39 is 5.82 Å². The molecule has 0 aliphatic rings. The number of benzene rings is 4. The summed E-state index contributed by atoms with van der Waals surface area (Å²) in [5.41, 5.74) is 5.71. The Balaban J connectivity index is 1.53. The Hall–Kier alpha value is -4.12. The Labute approximate surface area is 198 Å². The summed E-state index contributed by atoms with van der Waals surface area (Å²) in [4.78, 5) is 15.0. The monoisotopic (exact) mass is 451 g/mol. The number of aromatic nitrogens is 1. The summed E-state index contributed by atoms with van der Waals surface area (Å²) in [6.45, 7) is 5.43. The zero-order valence-electron chi connectivity index (χ0n) is 19.3. The number of para-hydroxylation sites is 1. The number of amides is 2. The van der Waals surface area contributed by atoms with Crippen LogP contribution in [0.25, 0.3) is 21.8 Å². The number of nitrogens with one attached hydrogen (secondary N) is 1. The molecule has 0 spiro atoms. The van der Waals surface area contributed by atoms with Crippen LogP contribution in [0.2, 0.25) is 0 Å². The number of urea groups is 1. The second-order valence-electron chi connectivity index (χ2n) is 8.48. The summed E-state index contributed by atoms with van der Waals surface area (Å²) < 4.78 is 16.0. The van der Waals surface area contributed by atoms with E-state index in [1.165, 1.54) is 33.9 Å². The maximum Gasteiger partial charge on any atom is 0.326 e. The predicted molar refractivity (Wildman–Crippen MR) is 138 cm³/mol. The predicted octanol–water partition coefficient (Wildman–Crippen LogP) is 7.50. The third-order valence-corrected chi connectivity index (χ3v) is 6.16. The molecule has 0 atom stereocenters. The standard InChI is InChI=1S/C29H26FN3O/c1-3-32-27-10-5-4-9-25(27)26-17-21(13-16-28(26)32)19-33(24-14-11-20(2)12-15-24)29(34)31-23-8-6-7-22(30)18-23/h4-18H,3,19H2,1-2H3,(H,31,34). The molecule has 0 radical (unpaired) electrons. The lowest BCUT2D eigenvalue weighted by molar-refractivity contribution is 0.256. The van der Waals surface area contributed by atoms with Gasteiger partial charge in [0.15, 0.2) is 0 Å². The van der Waals surface area contributed by atoms with Gasteiger partial charge >= 0.3 is 6.03 Å². The van der Waals surface area contributed by atoms with E-state index in [1.807, 2.05) is 31.2 Å². The van der Waals surface area contributed by atoms with Crippen LogP contribution in [0, 0.1) is 12.7 Å². The zero-order chi connectivity index (χ0) is 23.7. The molecule has 0 saturated heterocycles. The van der Waals surface area contributed by atoms with Crippen molar-refractivity contribution in [2.24, 2.45) is 0 Å². The van der Waals surface area contributed by atoms with Gasteiger partial charge in [0, 0.05) is 39.7 Å². The van der Waals surface area contributed by atoms with E-state index in [0.717, 1.165) is 23.4 Å². The van der Waals surface area contributed by atoms with Crippen molar-refractivity contribution < 1.29 is 9.18 Å². The molecule has 4 nitrogen and oxygen atoms in total. The molecular weight excluding hydrogens is 425 g/mol. The van der Waals surface area contributed by atoms with Gasteiger partial charge in [0.1, 0.15) is 5.82 Å². The average molecular weight is 452 g/mol. The second-order valence-corrected chi connectivity index (χ2v) is 8.48. The second kappa shape index (κ2) is 9.02. The van der Waals surface area contributed by atoms with Crippen molar-refractivity contribution in [2.75, 3.05) is 10.2 Å². The van der Waals surface area contributed by atoms with Crippen molar-refractivity contribution in [2.45, 2.75) is 26.9 Å². The quantitative estimate of drug-likeness (QED) is 0.295. The summed E-state index contributed by atoms with van der Waals surface area (Å²) in [5, 5.41) is 5.21. The molecule has 0 aliphatic heterocycles. The number of carbonyl (C=O) groups excluding carboxylic acids is 1. The topological polar surface area (TPSA) is 37.3 Å². The summed E-state index contributed by atoms with van der Waals surface area (Å²) in [6, 6.07) is 28.2. The lowest BCUT2D eigenvalue weighted by atomic mass is 10.1. The molecule has 4 aromatic carbocycles. The van der Waals surface area contributed by atoms with Gasteiger partial charge in [0.2, 0.25) is 0 Å².